The Morgan fingerprint density at radius 3 is 2.41 bits per heavy atom. The number of piperidine rings is 1. The number of piperazine rings is 1. The molecule has 2 aromatic carbocycles. The molecule has 2 aliphatic rings. The average Bonchev–Trinajstić information content (AvgIpc) is 2.94. The first-order valence-corrected chi connectivity index (χ1v) is 14.3. The molecule has 2 aliphatic heterocycles. The Balaban J connectivity index is 0.00000370. The summed E-state index contributed by atoms with van der Waals surface area (Å²) >= 11 is 18.4. The van der Waals surface area contributed by atoms with Gasteiger partial charge in [0, 0.05) is 58.0 Å². The van der Waals surface area contributed by atoms with Gasteiger partial charge in [-0.05, 0) is 67.4 Å². The summed E-state index contributed by atoms with van der Waals surface area (Å²) in [5.41, 5.74) is 2.31. The van der Waals surface area contributed by atoms with E-state index in [0.29, 0.717) is 34.0 Å². The Morgan fingerprint density at radius 2 is 1.72 bits per heavy atom. The number of anilines is 1. The van der Waals surface area contributed by atoms with Crippen molar-refractivity contribution in [2.45, 2.75) is 32.0 Å². The predicted molar refractivity (Wildman–Crippen MR) is 157 cm³/mol. The lowest BCUT2D eigenvalue weighted by Crippen LogP contribution is -2.53. The van der Waals surface area contributed by atoms with Crippen molar-refractivity contribution in [2.75, 3.05) is 44.2 Å². The van der Waals surface area contributed by atoms with Gasteiger partial charge in [0.1, 0.15) is 11.6 Å². The van der Waals surface area contributed by atoms with E-state index in [0.717, 1.165) is 69.8 Å². The summed E-state index contributed by atoms with van der Waals surface area (Å²) in [5.74, 6) is 0.129. The molecule has 10 heteroatoms. The first kappa shape index (κ1) is 28.1. The highest BCUT2D eigenvalue weighted by Gasteiger charge is 2.28. The third-order valence-electron chi connectivity index (χ3n) is 7.50. The van der Waals surface area contributed by atoms with Crippen LogP contribution in [-0.2, 0) is 13.1 Å². The second kappa shape index (κ2) is 12.8. The number of amides is 1. The summed E-state index contributed by atoms with van der Waals surface area (Å²) in [6.07, 6.45) is 3.77. The second-order valence-corrected chi connectivity index (χ2v) is 11.4. The van der Waals surface area contributed by atoms with Gasteiger partial charge in [0.2, 0.25) is 0 Å². The zero-order valence-electron chi connectivity index (χ0n) is 21.6. The molecular weight excluding hydrogens is 560 g/mol. The van der Waals surface area contributed by atoms with Gasteiger partial charge < -0.3 is 10.2 Å². The van der Waals surface area contributed by atoms with Gasteiger partial charge in [-0.15, -0.1) is 0 Å². The van der Waals surface area contributed by atoms with Crippen molar-refractivity contribution in [3.63, 3.8) is 0 Å². The Bertz CT molecular complexity index is 1320. The van der Waals surface area contributed by atoms with Gasteiger partial charge in [-0.25, -0.2) is 9.37 Å². The van der Waals surface area contributed by atoms with Gasteiger partial charge in [0.05, 0.1) is 15.6 Å². The van der Waals surface area contributed by atoms with Crippen molar-refractivity contribution in [1.29, 1.82) is 0 Å². The number of carbonyl (C=O) groups is 1. The van der Waals surface area contributed by atoms with E-state index in [4.69, 9.17) is 34.8 Å². The Hall–Kier alpha value is -2.42. The van der Waals surface area contributed by atoms with Crippen molar-refractivity contribution in [1.82, 2.24) is 20.1 Å². The topological polar surface area (TPSA) is 51.7 Å². The molecule has 5 rings (SSSR count). The Labute approximate surface area is 245 Å². The number of pyridine rings is 1. The van der Waals surface area contributed by atoms with Crippen molar-refractivity contribution in [2.24, 2.45) is 0 Å². The van der Waals surface area contributed by atoms with Crippen LogP contribution in [0.15, 0.2) is 54.7 Å². The van der Waals surface area contributed by atoms with E-state index in [2.05, 4.69) is 25.0 Å². The number of nitrogens with one attached hydrogen (secondary N) is 1. The molecule has 0 bridgehead atoms. The summed E-state index contributed by atoms with van der Waals surface area (Å²) in [7, 11) is 0. The fourth-order valence-corrected chi connectivity index (χ4v) is 5.97. The number of aromatic nitrogens is 1. The van der Waals surface area contributed by atoms with Crippen molar-refractivity contribution >= 4 is 46.5 Å². The van der Waals surface area contributed by atoms with Gasteiger partial charge in [0.25, 0.3) is 5.91 Å². The van der Waals surface area contributed by atoms with Crippen LogP contribution in [0.2, 0.25) is 15.1 Å². The molecule has 208 valence electrons. The molecule has 0 aliphatic carbocycles. The van der Waals surface area contributed by atoms with Crippen LogP contribution in [0.25, 0.3) is 0 Å². The van der Waals surface area contributed by atoms with E-state index in [1.165, 1.54) is 6.07 Å². The van der Waals surface area contributed by atoms with E-state index in [1.54, 1.807) is 24.4 Å². The normalized spacial score (nSPS) is 17.4. The minimum absolute atomic E-state index is 0. The molecule has 0 atom stereocenters. The third-order valence-corrected chi connectivity index (χ3v) is 8.32. The van der Waals surface area contributed by atoms with Crippen LogP contribution in [0.1, 0.15) is 35.8 Å². The minimum atomic E-state index is -0.358. The molecule has 3 heterocycles. The maximum absolute atomic E-state index is 13.8. The number of halogens is 4. The fraction of sp³-hybridized carbons (Fsp3) is 0.379. The number of rotatable bonds is 7. The quantitative estimate of drug-likeness (QED) is 0.357. The second-order valence-electron chi connectivity index (χ2n) is 10.1. The van der Waals surface area contributed by atoms with Crippen molar-refractivity contribution in [3.8, 4) is 0 Å². The molecule has 2 fully saturated rings. The van der Waals surface area contributed by atoms with Gasteiger partial charge >= 0.3 is 0 Å². The smallest absolute Gasteiger partial charge is 0.253 e. The zero-order valence-corrected chi connectivity index (χ0v) is 23.8. The summed E-state index contributed by atoms with van der Waals surface area (Å²) in [5, 5.41) is 4.17. The highest BCUT2D eigenvalue weighted by atomic mass is 35.5. The van der Waals surface area contributed by atoms with Crippen LogP contribution in [0.5, 0.6) is 0 Å². The van der Waals surface area contributed by atoms with Gasteiger partial charge in [0.15, 0.2) is 0 Å². The number of hydrogen-bond donors (Lipinski definition) is 1. The van der Waals surface area contributed by atoms with Crippen LogP contribution >= 0.6 is 34.8 Å². The lowest BCUT2D eigenvalue weighted by molar-refractivity contribution is 0.0950. The summed E-state index contributed by atoms with van der Waals surface area (Å²) in [4.78, 5) is 24.3. The molecule has 1 amide bonds. The maximum atomic E-state index is 13.8. The molecule has 0 radical (unpaired) electrons. The zero-order chi connectivity index (χ0) is 27.4. The standard InChI is InChI=1S/C29H31Cl3FN5O.H2/c30-23-3-1-2-20(14-23)17-35-29(39)22-16-26(32)28(34-18-22)38-12-10-37(11-13-38)24-6-8-36(9-7-24)19-21-4-5-25(31)27(33)15-21;/h1-5,14-16,18,24H,6-13,17,19H2,(H,35,39);1H. The van der Waals surface area contributed by atoms with E-state index in [1.807, 2.05) is 24.3 Å². The maximum Gasteiger partial charge on any atom is 0.253 e. The van der Waals surface area contributed by atoms with E-state index in [-0.39, 0.29) is 18.2 Å². The van der Waals surface area contributed by atoms with Crippen LogP contribution < -0.4 is 10.2 Å². The molecule has 0 spiro atoms. The molecular formula is C29H33Cl3FN5O. The molecule has 1 N–H and O–H groups in total. The molecule has 3 aromatic rings. The molecule has 6 nitrogen and oxygen atoms in total. The molecule has 2 saturated heterocycles. The first-order valence-electron chi connectivity index (χ1n) is 13.2. The summed E-state index contributed by atoms with van der Waals surface area (Å²) in [6.45, 7) is 6.63. The van der Waals surface area contributed by atoms with E-state index < -0.39 is 0 Å². The monoisotopic (exact) mass is 591 g/mol. The number of carbonyl (C=O) groups excluding carboxylic acids is 1. The predicted octanol–water partition coefficient (Wildman–Crippen LogP) is 6.14. The van der Waals surface area contributed by atoms with Crippen LogP contribution in [0.4, 0.5) is 10.2 Å². The van der Waals surface area contributed by atoms with Crippen LogP contribution in [0, 0.1) is 5.82 Å². The van der Waals surface area contributed by atoms with Gasteiger partial charge in [-0.1, -0.05) is 53.0 Å². The van der Waals surface area contributed by atoms with E-state index in [9.17, 15) is 9.18 Å². The first-order chi connectivity index (χ1) is 18.9. The number of likely N-dealkylation sites (tertiary alicyclic amines) is 1. The highest BCUT2D eigenvalue weighted by molar-refractivity contribution is 6.33. The Morgan fingerprint density at radius 1 is 0.949 bits per heavy atom. The molecule has 0 saturated carbocycles. The molecule has 1 aromatic heterocycles. The number of hydrogen-bond acceptors (Lipinski definition) is 5. The van der Waals surface area contributed by atoms with E-state index >= 15 is 0 Å². The van der Waals surface area contributed by atoms with Gasteiger partial charge in [-0.2, -0.15) is 0 Å². The minimum Gasteiger partial charge on any atom is -0.353 e. The third kappa shape index (κ3) is 7.21. The highest BCUT2D eigenvalue weighted by Crippen LogP contribution is 2.27. The SMILES string of the molecule is O=C(NCc1cccc(Cl)c1)c1cnc(N2CCN(C3CCN(Cc4ccc(Cl)c(F)c4)CC3)CC2)c(Cl)c1.[HH]. The van der Waals surface area contributed by atoms with Crippen LogP contribution in [-0.4, -0.2) is 66.0 Å². The van der Waals surface area contributed by atoms with Crippen molar-refractivity contribution in [3.05, 3.63) is 92.3 Å². The van der Waals surface area contributed by atoms with Crippen molar-refractivity contribution < 1.29 is 10.6 Å². The molecule has 0 unspecified atom stereocenters. The summed E-state index contributed by atoms with van der Waals surface area (Å²) in [6, 6.07) is 14.7. The number of benzene rings is 2. The number of nitrogens with zero attached hydrogens (tertiary/aromatic N) is 4. The fourth-order valence-electron chi connectivity index (χ4n) is 5.36. The Kier molecular flexibility index (Phi) is 9.25. The lowest BCUT2D eigenvalue weighted by atomic mass is 10.0. The average molecular weight is 593 g/mol. The van der Waals surface area contributed by atoms with Gasteiger partial charge in [-0.3, -0.25) is 14.6 Å². The largest absolute Gasteiger partial charge is 0.353 e. The lowest BCUT2D eigenvalue weighted by Gasteiger charge is -2.43. The van der Waals surface area contributed by atoms with Crippen LogP contribution in [0.3, 0.4) is 0 Å². The molecule has 39 heavy (non-hydrogen) atoms. The summed E-state index contributed by atoms with van der Waals surface area (Å²) < 4.78 is 13.8.